The fraction of sp³-hybridized carbons (Fsp3) is 0.364. The number of nitrogen functional groups attached to an aromatic ring is 1. The predicted octanol–water partition coefficient (Wildman–Crippen LogP) is 2.42. The summed E-state index contributed by atoms with van der Waals surface area (Å²) in [4.78, 5) is 13.1. The number of urea groups is 1. The number of carbonyl (C=O) groups excluding carboxylic acids is 1. The minimum atomic E-state index is -0.886. The smallest absolute Gasteiger partial charge is 0.321 e. The van der Waals surface area contributed by atoms with Crippen molar-refractivity contribution in [3.05, 3.63) is 23.8 Å². The lowest BCUT2D eigenvalue weighted by atomic mass is 10.2. The highest BCUT2D eigenvalue weighted by molar-refractivity contribution is 5.92. The molecule has 0 saturated carbocycles. The molecule has 17 heavy (non-hydrogen) atoms. The molecule has 0 aliphatic heterocycles. The first-order valence-electron chi connectivity index (χ1n) is 5.30. The molecule has 4 nitrogen and oxygen atoms in total. The van der Waals surface area contributed by atoms with Crippen LogP contribution >= 0.6 is 0 Å². The van der Waals surface area contributed by atoms with Crippen molar-refractivity contribution in [1.29, 1.82) is 0 Å². The molecule has 1 rings (SSSR count). The highest BCUT2D eigenvalue weighted by Crippen LogP contribution is 2.24. The number of hydrogen-bond acceptors (Lipinski definition) is 2. The average Bonchev–Trinajstić information content (AvgIpc) is 2.25. The van der Waals surface area contributed by atoms with Gasteiger partial charge in [0.15, 0.2) is 5.82 Å². The zero-order chi connectivity index (χ0) is 13.0. The van der Waals surface area contributed by atoms with E-state index in [4.69, 9.17) is 5.73 Å². The van der Waals surface area contributed by atoms with Crippen molar-refractivity contribution < 1.29 is 13.6 Å². The first-order chi connectivity index (χ1) is 7.99. The van der Waals surface area contributed by atoms with Crippen LogP contribution in [0.25, 0.3) is 0 Å². The van der Waals surface area contributed by atoms with Gasteiger partial charge in [0.2, 0.25) is 0 Å². The fourth-order valence-electron chi connectivity index (χ4n) is 1.42. The molecule has 0 aliphatic carbocycles. The molecule has 0 fully saturated rings. The lowest BCUT2D eigenvalue weighted by Gasteiger charge is -2.20. The molecule has 1 aromatic rings. The van der Waals surface area contributed by atoms with Gasteiger partial charge in [-0.25, -0.2) is 13.6 Å². The minimum absolute atomic E-state index is 0.136. The first kappa shape index (κ1) is 13.2. The summed E-state index contributed by atoms with van der Waals surface area (Å²) in [5, 5.41) is 2.33. The maximum Gasteiger partial charge on any atom is 0.321 e. The van der Waals surface area contributed by atoms with E-state index >= 15 is 0 Å². The molecular formula is C11H15F2N3O. The van der Waals surface area contributed by atoms with E-state index < -0.39 is 17.7 Å². The van der Waals surface area contributed by atoms with Crippen LogP contribution in [0.2, 0.25) is 0 Å². The zero-order valence-corrected chi connectivity index (χ0v) is 9.76. The molecule has 0 heterocycles. The highest BCUT2D eigenvalue weighted by atomic mass is 19.1. The van der Waals surface area contributed by atoms with Gasteiger partial charge in [-0.2, -0.15) is 0 Å². The Morgan fingerprint density at radius 1 is 1.35 bits per heavy atom. The number of rotatable bonds is 3. The molecule has 1 aromatic carbocycles. The van der Waals surface area contributed by atoms with E-state index in [2.05, 4.69) is 5.32 Å². The topological polar surface area (TPSA) is 58.4 Å². The van der Waals surface area contributed by atoms with Crippen LogP contribution in [-0.2, 0) is 0 Å². The van der Waals surface area contributed by atoms with Crippen LogP contribution in [0, 0.1) is 11.6 Å². The predicted molar refractivity (Wildman–Crippen MR) is 62.7 cm³/mol. The van der Waals surface area contributed by atoms with Gasteiger partial charge in [-0.05, 0) is 19.9 Å². The summed E-state index contributed by atoms with van der Waals surface area (Å²) in [5.74, 6) is -1.66. The molecule has 0 unspecified atom stereocenters. The number of amides is 2. The van der Waals surface area contributed by atoms with Crippen molar-refractivity contribution >= 4 is 17.4 Å². The van der Waals surface area contributed by atoms with E-state index in [1.165, 1.54) is 4.90 Å². The fourth-order valence-corrected chi connectivity index (χ4v) is 1.42. The van der Waals surface area contributed by atoms with Crippen LogP contribution in [0.4, 0.5) is 25.0 Å². The lowest BCUT2D eigenvalue weighted by Crippen LogP contribution is -2.35. The maximum atomic E-state index is 13.4. The summed E-state index contributed by atoms with van der Waals surface area (Å²) < 4.78 is 26.2. The second-order valence-corrected chi connectivity index (χ2v) is 3.45. The molecule has 0 spiro atoms. The SMILES string of the molecule is CCN(CC)C(=O)Nc1c(N)cc(F)cc1F. The average molecular weight is 243 g/mol. The number of anilines is 2. The lowest BCUT2D eigenvalue weighted by molar-refractivity contribution is 0.217. The van der Waals surface area contributed by atoms with Crippen molar-refractivity contribution in [2.24, 2.45) is 0 Å². The Balaban J connectivity index is 2.92. The molecule has 0 bridgehead atoms. The third kappa shape index (κ3) is 3.05. The van der Waals surface area contributed by atoms with Gasteiger partial charge in [-0.1, -0.05) is 0 Å². The molecule has 6 heteroatoms. The van der Waals surface area contributed by atoms with Crippen molar-refractivity contribution in [3.8, 4) is 0 Å². The minimum Gasteiger partial charge on any atom is -0.397 e. The van der Waals surface area contributed by atoms with E-state index in [0.717, 1.165) is 6.07 Å². The Labute approximate surface area is 98.4 Å². The van der Waals surface area contributed by atoms with Crippen LogP contribution in [0.5, 0.6) is 0 Å². The van der Waals surface area contributed by atoms with E-state index in [1.54, 1.807) is 13.8 Å². The number of nitrogens with two attached hydrogens (primary N) is 1. The van der Waals surface area contributed by atoms with Gasteiger partial charge in [0.25, 0.3) is 0 Å². The van der Waals surface area contributed by atoms with Crippen LogP contribution in [0.15, 0.2) is 12.1 Å². The highest BCUT2D eigenvalue weighted by Gasteiger charge is 2.15. The maximum absolute atomic E-state index is 13.4. The zero-order valence-electron chi connectivity index (χ0n) is 9.76. The number of hydrogen-bond donors (Lipinski definition) is 2. The van der Waals surface area contributed by atoms with Gasteiger partial charge >= 0.3 is 6.03 Å². The quantitative estimate of drug-likeness (QED) is 0.801. The summed E-state index contributed by atoms with van der Waals surface area (Å²) in [6.07, 6.45) is 0. The van der Waals surface area contributed by atoms with Gasteiger partial charge in [0.1, 0.15) is 11.5 Å². The molecule has 2 amide bonds. The molecule has 0 aliphatic rings. The number of carbonyl (C=O) groups is 1. The molecule has 94 valence electrons. The largest absolute Gasteiger partial charge is 0.397 e. The van der Waals surface area contributed by atoms with Gasteiger partial charge in [-0.15, -0.1) is 0 Å². The van der Waals surface area contributed by atoms with Crippen molar-refractivity contribution in [2.45, 2.75) is 13.8 Å². The van der Waals surface area contributed by atoms with Crippen LogP contribution in [-0.4, -0.2) is 24.0 Å². The molecule has 0 saturated heterocycles. The monoisotopic (exact) mass is 243 g/mol. The van der Waals surface area contributed by atoms with E-state index in [-0.39, 0.29) is 11.4 Å². The molecule has 0 radical (unpaired) electrons. The Bertz CT molecular complexity index is 396. The van der Waals surface area contributed by atoms with E-state index in [1.807, 2.05) is 0 Å². The number of halogens is 2. The van der Waals surface area contributed by atoms with Crippen LogP contribution in [0.3, 0.4) is 0 Å². The van der Waals surface area contributed by atoms with Crippen molar-refractivity contribution in [3.63, 3.8) is 0 Å². The van der Waals surface area contributed by atoms with Gasteiger partial charge in [0.05, 0.1) is 5.69 Å². The third-order valence-electron chi connectivity index (χ3n) is 2.37. The number of nitrogens with zero attached hydrogens (tertiary/aromatic N) is 1. The molecule has 0 aromatic heterocycles. The number of benzene rings is 1. The second kappa shape index (κ2) is 5.47. The van der Waals surface area contributed by atoms with Gasteiger partial charge in [-0.3, -0.25) is 0 Å². The number of nitrogens with one attached hydrogen (secondary N) is 1. The second-order valence-electron chi connectivity index (χ2n) is 3.45. The van der Waals surface area contributed by atoms with Crippen LogP contribution in [0.1, 0.15) is 13.8 Å². The summed E-state index contributed by atoms with van der Waals surface area (Å²) in [7, 11) is 0. The van der Waals surface area contributed by atoms with E-state index in [0.29, 0.717) is 19.2 Å². The molecular weight excluding hydrogens is 228 g/mol. The van der Waals surface area contributed by atoms with E-state index in [9.17, 15) is 13.6 Å². The van der Waals surface area contributed by atoms with Crippen molar-refractivity contribution in [1.82, 2.24) is 4.90 Å². The normalized spacial score (nSPS) is 10.1. The Hall–Kier alpha value is -1.85. The first-order valence-corrected chi connectivity index (χ1v) is 5.30. The van der Waals surface area contributed by atoms with Crippen molar-refractivity contribution in [2.75, 3.05) is 24.1 Å². The van der Waals surface area contributed by atoms with Gasteiger partial charge in [0, 0.05) is 19.2 Å². The Morgan fingerprint density at radius 2 is 1.94 bits per heavy atom. The standard InChI is InChI=1S/C11H15F2N3O/c1-3-16(4-2)11(17)15-10-8(13)5-7(12)6-9(10)14/h5-6H,3-4,14H2,1-2H3,(H,15,17). The summed E-state index contributed by atoms with van der Waals surface area (Å²) in [6, 6.07) is 1.17. The molecule has 3 N–H and O–H groups in total. The summed E-state index contributed by atoms with van der Waals surface area (Å²) >= 11 is 0. The van der Waals surface area contributed by atoms with Gasteiger partial charge < -0.3 is 16.0 Å². The Morgan fingerprint density at radius 3 is 2.41 bits per heavy atom. The molecule has 0 atom stereocenters. The Kier molecular flexibility index (Phi) is 4.25. The van der Waals surface area contributed by atoms with Crippen LogP contribution < -0.4 is 11.1 Å². The third-order valence-corrected chi connectivity index (χ3v) is 2.37. The summed E-state index contributed by atoms with van der Waals surface area (Å²) in [5.41, 5.74) is 5.11. The summed E-state index contributed by atoms with van der Waals surface area (Å²) in [6.45, 7) is 4.58.